The zero-order valence-corrected chi connectivity index (χ0v) is 17.6. The third-order valence-electron chi connectivity index (χ3n) is 5.33. The molecule has 1 aliphatic rings. The minimum atomic E-state index is -0.297. The molecular formula is C22H29N3O5. The predicted octanol–water partition coefficient (Wildman–Crippen LogP) is 2.57. The van der Waals surface area contributed by atoms with E-state index in [1.165, 1.54) is 7.11 Å². The van der Waals surface area contributed by atoms with Crippen LogP contribution in [0.25, 0.3) is 0 Å². The summed E-state index contributed by atoms with van der Waals surface area (Å²) in [5, 5.41) is 6.72. The number of amides is 2. The second kappa shape index (κ2) is 10.8. The van der Waals surface area contributed by atoms with E-state index in [1.807, 2.05) is 24.3 Å². The van der Waals surface area contributed by atoms with Gasteiger partial charge in [0.15, 0.2) is 11.5 Å². The minimum absolute atomic E-state index is 0.0311. The van der Waals surface area contributed by atoms with Gasteiger partial charge in [-0.3, -0.25) is 9.59 Å². The Kier molecular flexibility index (Phi) is 7.84. The fraction of sp³-hybridized carbons (Fsp3) is 0.500. The smallest absolute Gasteiger partial charge is 0.273 e. The molecule has 1 saturated carbocycles. The first kappa shape index (κ1) is 21.8. The zero-order valence-electron chi connectivity index (χ0n) is 17.6. The minimum Gasteiger partial charge on any atom is -0.497 e. The van der Waals surface area contributed by atoms with Gasteiger partial charge in [0.05, 0.1) is 13.7 Å². The molecule has 1 heterocycles. The molecular weight excluding hydrogens is 386 g/mol. The molecule has 0 spiro atoms. The lowest BCUT2D eigenvalue weighted by Crippen LogP contribution is -2.40. The van der Waals surface area contributed by atoms with Crippen molar-refractivity contribution in [3.05, 3.63) is 47.3 Å². The third-order valence-corrected chi connectivity index (χ3v) is 5.33. The van der Waals surface area contributed by atoms with Gasteiger partial charge < -0.3 is 24.2 Å². The molecule has 0 unspecified atom stereocenters. The highest BCUT2D eigenvalue weighted by Gasteiger charge is 2.28. The Balaban J connectivity index is 1.53. The molecule has 0 radical (unpaired) electrons. The highest BCUT2D eigenvalue weighted by atomic mass is 16.5. The number of benzene rings is 1. The summed E-state index contributed by atoms with van der Waals surface area (Å²) in [6, 6.07) is 9.50. The van der Waals surface area contributed by atoms with Crippen molar-refractivity contribution in [3.63, 3.8) is 0 Å². The van der Waals surface area contributed by atoms with E-state index >= 15 is 0 Å². The van der Waals surface area contributed by atoms with Crippen LogP contribution >= 0.6 is 0 Å². The topological polar surface area (TPSA) is 93.9 Å². The molecule has 3 rings (SSSR count). The average Bonchev–Trinajstić information content (AvgIpc) is 3.45. The van der Waals surface area contributed by atoms with Gasteiger partial charge in [0.25, 0.3) is 5.91 Å². The van der Waals surface area contributed by atoms with Crippen LogP contribution in [0.15, 0.2) is 34.9 Å². The fourth-order valence-corrected chi connectivity index (χ4v) is 3.71. The maximum Gasteiger partial charge on any atom is 0.273 e. The summed E-state index contributed by atoms with van der Waals surface area (Å²) in [7, 11) is 3.13. The second-order valence-corrected chi connectivity index (χ2v) is 7.43. The molecule has 0 bridgehead atoms. The predicted molar refractivity (Wildman–Crippen MR) is 110 cm³/mol. The van der Waals surface area contributed by atoms with E-state index in [1.54, 1.807) is 18.1 Å². The SMILES string of the molecule is COCC(=O)N(Cc1cc(C(=O)NCCc2ccc(OC)cc2)no1)C1CCCC1. The number of hydrogen-bond donors (Lipinski definition) is 1. The van der Waals surface area contributed by atoms with Gasteiger partial charge in [-0.05, 0) is 37.0 Å². The van der Waals surface area contributed by atoms with Crippen LogP contribution in [0.4, 0.5) is 0 Å². The summed E-state index contributed by atoms with van der Waals surface area (Å²) >= 11 is 0. The van der Waals surface area contributed by atoms with Crippen molar-refractivity contribution in [3.8, 4) is 5.75 Å². The van der Waals surface area contributed by atoms with E-state index in [-0.39, 0.29) is 30.2 Å². The number of ether oxygens (including phenoxy) is 2. The Labute approximate surface area is 176 Å². The number of carbonyl (C=O) groups excluding carboxylic acids is 2. The van der Waals surface area contributed by atoms with Crippen molar-refractivity contribution in [1.82, 2.24) is 15.4 Å². The molecule has 30 heavy (non-hydrogen) atoms. The van der Waals surface area contributed by atoms with Crippen LogP contribution in [0.1, 0.15) is 47.5 Å². The van der Waals surface area contributed by atoms with Crippen molar-refractivity contribution in [2.24, 2.45) is 0 Å². The molecule has 1 N–H and O–H groups in total. The molecule has 0 saturated heterocycles. The maximum absolute atomic E-state index is 12.4. The van der Waals surface area contributed by atoms with Gasteiger partial charge in [-0.15, -0.1) is 0 Å². The summed E-state index contributed by atoms with van der Waals surface area (Å²) in [5.74, 6) is 0.917. The van der Waals surface area contributed by atoms with Crippen LogP contribution in [0.2, 0.25) is 0 Å². The van der Waals surface area contributed by atoms with Gasteiger partial charge in [0, 0.05) is 25.8 Å². The van der Waals surface area contributed by atoms with E-state index in [4.69, 9.17) is 14.0 Å². The van der Waals surface area contributed by atoms with Crippen molar-refractivity contribution < 1.29 is 23.6 Å². The van der Waals surface area contributed by atoms with E-state index in [9.17, 15) is 9.59 Å². The molecule has 1 aromatic carbocycles. The van der Waals surface area contributed by atoms with Crippen LogP contribution in [0.3, 0.4) is 0 Å². The summed E-state index contributed by atoms with van der Waals surface area (Å²) < 4.78 is 15.5. The fourth-order valence-electron chi connectivity index (χ4n) is 3.71. The number of rotatable bonds is 10. The monoisotopic (exact) mass is 415 g/mol. The molecule has 2 amide bonds. The van der Waals surface area contributed by atoms with Gasteiger partial charge in [-0.2, -0.15) is 0 Å². The Morgan fingerprint density at radius 3 is 2.60 bits per heavy atom. The van der Waals surface area contributed by atoms with Crippen LogP contribution in [0, 0.1) is 0 Å². The van der Waals surface area contributed by atoms with Gasteiger partial charge in [0.2, 0.25) is 5.91 Å². The van der Waals surface area contributed by atoms with Crippen LogP contribution in [-0.4, -0.2) is 55.3 Å². The molecule has 1 aliphatic carbocycles. The Morgan fingerprint density at radius 2 is 1.93 bits per heavy atom. The van der Waals surface area contributed by atoms with Crippen molar-refractivity contribution in [1.29, 1.82) is 0 Å². The third kappa shape index (κ3) is 5.82. The first-order chi connectivity index (χ1) is 14.6. The number of carbonyl (C=O) groups is 2. The highest BCUT2D eigenvalue weighted by molar-refractivity contribution is 5.92. The number of nitrogens with zero attached hydrogens (tertiary/aromatic N) is 2. The molecule has 0 aliphatic heterocycles. The lowest BCUT2D eigenvalue weighted by Gasteiger charge is -2.27. The van der Waals surface area contributed by atoms with Crippen LogP contribution in [-0.2, 0) is 22.5 Å². The molecule has 1 fully saturated rings. The Bertz CT molecular complexity index is 828. The van der Waals surface area contributed by atoms with Crippen molar-refractivity contribution in [2.75, 3.05) is 27.4 Å². The van der Waals surface area contributed by atoms with E-state index in [0.717, 1.165) is 37.0 Å². The molecule has 162 valence electrons. The zero-order chi connectivity index (χ0) is 21.3. The standard InChI is InChI=1S/C22H29N3O5/c1-28-15-21(26)25(17-5-3-4-6-17)14-19-13-20(24-30-19)22(27)23-12-11-16-7-9-18(29-2)10-8-16/h7-10,13,17H,3-6,11-12,14-15H2,1-2H3,(H,23,27). The van der Waals surface area contributed by atoms with Crippen molar-refractivity contribution in [2.45, 2.75) is 44.7 Å². The summed E-state index contributed by atoms with van der Waals surface area (Å²) in [6.45, 7) is 0.802. The van der Waals surface area contributed by atoms with Gasteiger partial charge >= 0.3 is 0 Å². The maximum atomic E-state index is 12.4. The second-order valence-electron chi connectivity index (χ2n) is 7.43. The van der Waals surface area contributed by atoms with E-state index in [2.05, 4.69) is 10.5 Å². The Hall–Kier alpha value is -2.87. The average molecular weight is 415 g/mol. The summed E-state index contributed by atoms with van der Waals surface area (Å²) in [5.41, 5.74) is 1.31. The van der Waals surface area contributed by atoms with E-state index < -0.39 is 0 Å². The lowest BCUT2D eigenvalue weighted by molar-refractivity contribution is -0.138. The summed E-state index contributed by atoms with van der Waals surface area (Å²) in [6.07, 6.45) is 4.87. The van der Waals surface area contributed by atoms with Gasteiger partial charge in [-0.25, -0.2) is 0 Å². The summed E-state index contributed by atoms with van der Waals surface area (Å²) in [4.78, 5) is 26.6. The number of methoxy groups -OCH3 is 2. The first-order valence-electron chi connectivity index (χ1n) is 10.3. The number of aromatic nitrogens is 1. The Morgan fingerprint density at radius 1 is 1.20 bits per heavy atom. The number of nitrogens with one attached hydrogen (secondary N) is 1. The number of hydrogen-bond acceptors (Lipinski definition) is 6. The molecule has 0 atom stereocenters. The van der Waals surface area contributed by atoms with Crippen molar-refractivity contribution >= 4 is 11.8 Å². The molecule has 8 heteroatoms. The molecule has 1 aromatic heterocycles. The normalized spacial score (nSPS) is 13.9. The highest BCUT2D eigenvalue weighted by Crippen LogP contribution is 2.25. The lowest BCUT2D eigenvalue weighted by atomic mass is 10.1. The largest absolute Gasteiger partial charge is 0.497 e. The molecule has 2 aromatic rings. The van der Waals surface area contributed by atoms with Crippen LogP contribution in [0.5, 0.6) is 5.75 Å². The van der Waals surface area contributed by atoms with Gasteiger partial charge in [-0.1, -0.05) is 30.1 Å². The quantitative estimate of drug-likeness (QED) is 0.641. The van der Waals surface area contributed by atoms with Gasteiger partial charge in [0.1, 0.15) is 12.4 Å². The first-order valence-corrected chi connectivity index (χ1v) is 10.3. The van der Waals surface area contributed by atoms with E-state index in [0.29, 0.717) is 25.3 Å². The molecule has 8 nitrogen and oxygen atoms in total. The van der Waals surface area contributed by atoms with Crippen LogP contribution < -0.4 is 10.1 Å².